The average molecular weight is 441 g/mol. The lowest BCUT2D eigenvalue weighted by atomic mass is 9.86. The van der Waals surface area contributed by atoms with Gasteiger partial charge >= 0.3 is 6.09 Å². The number of para-hydroxylation sites is 1. The average Bonchev–Trinajstić information content (AvgIpc) is 2.67. The molecule has 0 aliphatic rings. The molecule has 32 heavy (non-hydrogen) atoms. The van der Waals surface area contributed by atoms with E-state index in [0.29, 0.717) is 11.3 Å². The van der Waals surface area contributed by atoms with Crippen molar-refractivity contribution in [3.05, 3.63) is 59.7 Å². The summed E-state index contributed by atoms with van der Waals surface area (Å²) in [6, 6.07) is 12.2. The normalized spacial score (nSPS) is 12.6. The molecule has 7 heteroatoms. The third-order valence-corrected chi connectivity index (χ3v) is 4.49. The second kappa shape index (κ2) is 9.85. The summed E-state index contributed by atoms with van der Waals surface area (Å²) in [6.45, 7) is 10.6. The molecule has 0 radical (unpaired) electrons. The molecule has 0 aromatic heterocycles. The van der Waals surface area contributed by atoms with E-state index in [4.69, 9.17) is 4.74 Å². The van der Waals surface area contributed by atoms with Gasteiger partial charge in [0.2, 0.25) is 5.91 Å². The number of aromatic hydroxyl groups is 1. The summed E-state index contributed by atoms with van der Waals surface area (Å²) >= 11 is 0. The van der Waals surface area contributed by atoms with E-state index in [-0.39, 0.29) is 18.0 Å². The Balaban J connectivity index is 2.29. The number of ether oxygens (including phenoxy) is 1. The van der Waals surface area contributed by atoms with E-state index >= 15 is 0 Å². The van der Waals surface area contributed by atoms with Crippen LogP contribution in [0.5, 0.6) is 5.75 Å². The van der Waals surface area contributed by atoms with E-state index < -0.39 is 29.1 Å². The molecule has 0 bridgehead atoms. The molecule has 0 aliphatic carbocycles. The maximum absolute atomic E-state index is 13.2. The number of carbonyl (C=O) groups excluding carboxylic acids is 3. The molecule has 0 saturated carbocycles. The van der Waals surface area contributed by atoms with Crippen LogP contribution in [0.4, 0.5) is 10.5 Å². The van der Waals surface area contributed by atoms with Crippen LogP contribution in [0.3, 0.4) is 0 Å². The Bertz CT molecular complexity index is 969. The van der Waals surface area contributed by atoms with Crippen molar-refractivity contribution < 1.29 is 24.2 Å². The molecule has 2 amide bonds. The summed E-state index contributed by atoms with van der Waals surface area (Å²) < 4.78 is 5.31. The molecule has 172 valence electrons. The monoisotopic (exact) mass is 440 g/mol. The minimum atomic E-state index is -0.966. The van der Waals surface area contributed by atoms with E-state index in [1.807, 2.05) is 20.8 Å². The number of ketones is 1. The Morgan fingerprint density at radius 1 is 0.938 bits per heavy atom. The number of Topliss-reactive ketones (excluding diaryl/α,β-unsaturated/α-hetero) is 1. The van der Waals surface area contributed by atoms with Crippen molar-refractivity contribution in [2.24, 2.45) is 5.41 Å². The predicted octanol–water partition coefficient (Wildman–Crippen LogP) is 4.70. The molecule has 0 spiro atoms. The fraction of sp³-hybridized carbons (Fsp3) is 0.400. The topological polar surface area (TPSA) is 105 Å². The van der Waals surface area contributed by atoms with Gasteiger partial charge < -0.3 is 20.5 Å². The van der Waals surface area contributed by atoms with Crippen LogP contribution in [0.1, 0.15) is 57.5 Å². The van der Waals surface area contributed by atoms with Gasteiger partial charge in [-0.2, -0.15) is 0 Å². The largest absolute Gasteiger partial charge is 0.508 e. The smallest absolute Gasteiger partial charge is 0.408 e. The molecule has 3 N–H and O–H groups in total. The molecular weight excluding hydrogens is 408 g/mol. The van der Waals surface area contributed by atoms with Gasteiger partial charge in [0, 0.05) is 17.4 Å². The van der Waals surface area contributed by atoms with E-state index in [1.165, 1.54) is 12.1 Å². The quantitative estimate of drug-likeness (QED) is 0.565. The first-order valence-electron chi connectivity index (χ1n) is 10.5. The lowest BCUT2D eigenvalue weighted by Crippen LogP contribution is -2.47. The highest BCUT2D eigenvalue weighted by Crippen LogP contribution is 2.26. The van der Waals surface area contributed by atoms with Crippen LogP contribution in [0.15, 0.2) is 48.5 Å². The van der Waals surface area contributed by atoms with Gasteiger partial charge in [0.1, 0.15) is 17.4 Å². The first-order chi connectivity index (χ1) is 14.8. The minimum Gasteiger partial charge on any atom is -0.508 e. The third-order valence-electron chi connectivity index (χ3n) is 4.49. The number of benzene rings is 2. The number of phenolic OH excluding ortho intramolecular Hbond substituents is 1. The predicted molar refractivity (Wildman–Crippen MR) is 124 cm³/mol. The fourth-order valence-electron chi connectivity index (χ4n) is 2.94. The van der Waals surface area contributed by atoms with Gasteiger partial charge in [-0.15, -0.1) is 0 Å². The molecule has 0 fully saturated rings. The molecule has 2 rings (SSSR count). The van der Waals surface area contributed by atoms with Crippen molar-refractivity contribution in [2.45, 2.75) is 59.6 Å². The third kappa shape index (κ3) is 7.41. The van der Waals surface area contributed by atoms with Gasteiger partial charge in [0.25, 0.3) is 0 Å². The number of alkyl carbamates (subject to hydrolysis) is 1. The zero-order chi connectivity index (χ0) is 24.1. The number of rotatable bonds is 6. The Morgan fingerprint density at radius 3 is 2.09 bits per heavy atom. The number of amides is 2. The van der Waals surface area contributed by atoms with Crippen LogP contribution >= 0.6 is 0 Å². The molecule has 2 aromatic carbocycles. The van der Waals surface area contributed by atoms with Crippen molar-refractivity contribution in [2.75, 3.05) is 5.32 Å². The summed E-state index contributed by atoms with van der Waals surface area (Å²) in [7, 11) is 0. The van der Waals surface area contributed by atoms with Crippen molar-refractivity contribution in [3.63, 3.8) is 0 Å². The molecule has 1 atom stereocenters. The van der Waals surface area contributed by atoms with Crippen molar-refractivity contribution >= 4 is 23.5 Å². The van der Waals surface area contributed by atoms with Crippen LogP contribution < -0.4 is 10.6 Å². The molecular formula is C25H32N2O5. The van der Waals surface area contributed by atoms with Gasteiger partial charge in [-0.3, -0.25) is 9.59 Å². The Labute approximate surface area is 189 Å². The summed E-state index contributed by atoms with van der Waals surface area (Å²) in [5, 5.41) is 14.9. The Hall–Kier alpha value is -3.35. The van der Waals surface area contributed by atoms with Crippen molar-refractivity contribution in [1.29, 1.82) is 0 Å². The lowest BCUT2D eigenvalue weighted by molar-refractivity contribution is -0.118. The zero-order valence-electron chi connectivity index (χ0n) is 19.5. The standard InChI is InChI=1S/C25H32N2O5/c1-24(2,3)21(29)18-9-7-8-10-19(18)26-22(30)20(27-23(31)32-25(4,5)6)15-16-11-13-17(28)14-12-16/h7-14,20,28H,15H2,1-6H3,(H,26,30)(H,27,31)/t20-/m0/s1. The van der Waals surface area contributed by atoms with Crippen LogP contribution in [0.25, 0.3) is 0 Å². The maximum atomic E-state index is 13.2. The number of carbonyl (C=O) groups is 3. The number of hydrogen-bond acceptors (Lipinski definition) is 5. The highest BCUT2D eigenvalue weighted by molar-refractivity contribution is 6.08. The minimum absolute atomic E-state index is 0.101. The second-order valence-electron chi connectivity index (χ2n) is 9.68. The maximum Gasteiger partial charge on any atom is 0.408 e. The summed E-state index contributed by atoms with van der Waals surface area (Å²) in [4.78, 5) is 38.4. The van der Waals surface area contributed by atoms with Crippen molar-refractivity contribution in [1.82, 2.24) is 5.32 Å². The Kier molecular flexibility index (Phi) is 7.67. The van der Waals surface area contributed by atoms with E-state index in [2.05, 4.69) is 10.6 Å². The number of hydrogen-bond donors (Lipinski definition) is 3. The molecule has 0 unspecified atom stereocenters. The van der Waals surface area contributed by atoms with Gasteiger partial charge in [0.05, 0.1) is 5.69 Å². The number of nitrogens with one attached hydrogen (secondary N) is 2. The van der Waals surface area contributed by atoms with Gasteiger partial charge in [-0.1, -0.05) is 45.0 Å². The zero-order valence-corrected chi connectivity index (χ0v) is 19.5. The summed E-state index contributed by atoms with van der Waals surface area (Å²) in [5.74, 6) is -0.494. The molecule has 0 aliphatic heterocycles. The van der Waals surface area contributed by atoms with Crippen molar-refractivity contribution in [3.8, 4) is 5.75 Å². The highest BCUT2D eigenvalue weighted by atomic mass is 16.6. The molecule has 2 aromatic rings. The first-order valence-corrected chi connectivity index (χ1v) is 10.5. The number of phenols is 1. The van der Waals surface area contributed by atoms with Gasteiger partial charge in [-0.05, 0) is 50.6 Å². The van der Waals surface area contributed by atoms with E-state index in [0.717, 1.165) is 5.56 Å². The SMILES string of the molecule is CC(C)(C)OC(=O)N[C@@H](Cc1ccc(O)cc1)C(=O)Nc1ccccc1C(=O)C(C)(C)C. The first kappa shape index (κ1) is 24.9. The summed E-state index contributed by atoms with van der Waals surface area (Å²) in [6.07, 6.45) is -0.559. The number of anilines is 1. The van der Waals surface area contributed by atoms with Gasteiger partial charge in [0.15, 0.2) is 5.78 Å². The molecule has 7 nitrogen and oxygen atoms in total. The second-order valence-corrected chi connectivity index (χ2v) is 9.68. The van der Waals surface area contributed by atoms with Crippen LogP contribution in [0, 0.1) is 5.41 Å². The molecule has 0 heterocycles. The van der Waals surface area contributed by atoms with Crippen LogP contribution in [-0.2, 0) is 16.0 Å². The fourth-order valence-corrected chi connectivity index (χ4v) is 2.94. The van der Waals surface area contributed by atoms with Crippen LogP contribution in [0.2, 0.25) is 0 Å². The van der Waals surface area contributed by atoms with Gasteiger partial charge in [-0.25, -0.2) is 4.79 Å². The lowest BCUT2D eigenvalue weighted by Gasteiger charge is -2.24. The molecule has 0 saturated heterocycles. The van der Waals surface area contributed by atoms with E-state index in [9.17, 15) is 19.5 Å². The highest BCUT2D eigenvalue weighted by Gasteiger charge is 2.28. The Morgan fingerprint density at radius 2 is 1.53 bits per heavy atom. The van der Waals surface area contributed by atoms with Crippen LogP contribution in [-0.4, -0.2) is 34.5 Å². The van der Waals surface area contributed by atoms with E-state index in [1.54, 1.807) is 57.2 Å². The summed E-state index contributed by atoms with van der Waals surface area (Å²) in [5.41, 5.74) is 0.155.